The smallest absolute Gasteiger partial charge is 0.261 e. The molecule has 9 rings (SSSR count). The van der Waals surface area contributed by atoms with Crippen molar-refractivity contribution in [3.05, 3.63) is 83.2 Å². The van der Waals surface area contributed by atoms with Crippen LogP contribution in [0, 0.1) is 16.5 Å². The summed E-state index contributed by atoms with van der Waals surface area (Å²) in [6.07, 6.45) is 51.1. The van der Waals surface area contributed by atoms with Crippen LogP contribution in [0.4, 0.5) is 0 Å². The van der Waals surface area contributed by atoms with Gasteiger partial charge < -0.3 is 0 Å². The molecule has 468 valence electrons. The number of hydrogen-bond donors (Lipinski definition) is 0. The van der Waals surface area contributed by atoms with E-state index in [1.165, 1.54) is 225 Å². The van der Waals surface area contributed by atoms with Gasteiger partial charge in [-0.15, -0.1) is 0 Å². The number of benzene rings is 7. The van der Waals surface area contributed by atoms with Gasteiger partial charge in [0.2, 0.25) is 0 Å². The normalized spacial score (nSPS) is 13.3. The van der Waals surface area contributed by atoms with Gasteiger partial charge in [0.25, 0.3) is 16.7 Å². The first-order chi connectivity index (χ1) is 42.2. The zero-order valence-corrected chi connectivity index (χ0v) is 56.1. The summed E-state index contributed by atoms with van der Waals surface area (Å²) >= 11 is 6.73. The molecule has 2 atom stereocenters. The third-order valence-corrected chi connectivity index (χ3v) is 21.4. The Kier molecular flexibility index (Phi) is 25.6. The van der Waals surface area contributed by atoms with Crippen molar-refractivity contribution in [3.63, 3.8) is 0 Å². The summed E-state index contributed by atoms with van der Waals surface area (Å²) in [5.74, 6) is 0.684. The highest BCUT2D eigenvalue weighted by atomic mass is 32.1. The van der Waals surface area contributed by atoms with Crippen molar-refractivity contribution >= 4 is 98.4 Å². The summed E-state index contributed by atoms with van der Waals surface area (Å²) in [4.78, 5) is 47.2. The molecule has 6 heteroatoms. The third kappa shape index (κ3) is 15.2. The Morgan fingerprint density at radius 3 is 0.953 bits per heavy atom. The fourth-order valence-corrected chi connectivity index (χ4v) is 16.4. The van der Waals surface area contributed by atoms with Crippen molar-refractivity contribution in [1.82, 2.24) is 9.13 Å². The molecular weight excluding hydrogens is 1070 g/mol. The van der Waals surface area contributed by atoms with Gasteiger partial charge in [-0.2, -0.15) is 0 Å². The van der Waals surface area contributed by atoms with Crippen molar-refractivity contribution in [2.75, 3.05) is 0 Å². The Balaban J connectivity index is 1.22. The van der Waals surface area contributed by atoms with Crippen LogP contribution in [0.25, 0.3) is 86.2 Å². The van der Waals surface area contributed by atoms with E-state index < -0.39 is 0 Å². The molecule has 0 N–H and O–H groups in total. The van der Waals surface area contributed by atoms with Gasteiger partial charge in [0, 0.05) is 56.2 Å². The molecule has 2 heterocycles. The minimum atomic E-state index is -0.117. The Hall–Kier alpha value is -4.42. The van der Waals surface area contributed by atoms with E-state index in [-0.39, 0.29) is 22.6 Å². The van der Waals surface area contributed by atoms with Crippen molar-refractivity contribution in [1.29, 1.82) is 0 Å². The maximum absolute atomic E-state index is 15.8. The molecule has 0 fully saturated rings. The van der Waals surface area contributed by atoms with Crippen LogP contribution in [-0.4, -0.2) is 9.13 Å². The monoisotopic (exact) mass is 1180 g/mol. The molecule has 86 heavy (non-hydrogen) atoms. The highest BCUT2D eigenvalue weighted by Crippen LogP contribution is 2.53. The van der Waals surface area contributed by atoms with Crippen LogP contribution in [0.1, 0.15) is 310 Å². The molecule has 9 aromatic rings. The SMILES string of the molecule is CCCCCCCCCCC(CCCCCCCC)Cn1c(=O)c2cc3cc(CCCCCC)c4cc5c(=O)n(CC(CCCCCCCC)CCCCCCCCCC)c(=S)c6cc7cc(CCCCCC)c8cc(c1=O)c2c1c3c4c(c56)c7c81. The fraction of sp³-hybridized carbons (Fsp3) is 0.650. The Bertz CT molecular complexity index is 3470. The van der Waals surface area contributed by atoms with Gasteiger partial charge in [0.1, 0.15) is 4.64 Å². The maximum atomic E-state index is 15.8. The third-order valence-electron chi connectivity index (χ3n) is 21.0. The zero-order valence-electron chi connectivity index (χ0n) is 55.3. The minimum Gasteiger partial charge on any atom is -0.298 e. The molecule has 0 aliphatic heterocycles. The van der Waals surface area contributed by atoms with E-state index in [1.54, 1.807) is 4.57 Å². The number of nitrogens with zero attached hydrogens (tertiary/aromatic N) is 2. The van der Waals surface area contributed by atoms with Gasteiger partial charge >= 0.3 is 0 Å². The zero-order chi connectivity index (χ0) is 60.4. The van der Waals surface area contributed by atoms with E-state index in [1.807, 2.05) is 0 Å². The summed E-state index contributed by atoms with van der Waals surface area (Å²) in [5.41, 5.74) is 2.38. The molecule has 0 amide bonds. The maximum Gasteiger partial charge on any atom is 0.261 e. The summed E-state index contributed by atoms with van der Waals surface area (Å²) in [7, 11) is 0. The first-order valence-electron chi connectivity index (χ1n) is 36.7. The van der Waals surface area contributed by atoms with Crippen molar-refractivity contribution in [3.8, 4) is 0 Å². The van der Waals surface area contributed by atoms with Gasteiger partial charge in [-0.05, 0) is 142 Å². The lowest BCUT2D eigenvalue weighted by molar-refractivity contribution is 0.350. The lowest BCUT2D eigenvalue weighted by atomic mass is 9.77. The topological polar surface area (TPSA) is 61.1 Å². The first kappa shape index (κ1) is 66.0. The molecule has 0 saturated carbocycles. The van der Waals surface area contributed by atoms with Crippen LogP contribution in [0.5, 0.6) is 0 Å². The van der Waals surface area contributed by atoms with Gasteiger partial charge in [0.15, 0.2) is 0 Å². The molecule has 0 aliphatic carbocycles. The van der Waals surface area contributed by atoms with E-state index in [0.717, 1.165) is 131 Å². The molecule has 5 nitrogen and oxygen atoms in total. The van der Waals surface area contributed by atoms with Crippen LogP contribution in [0.15, 0.2) is 50.8 Å². The second-order valence-corrected chi connectivity index (χ2v) is 28.1. The van der Waals surface area contributed by atoms with Crippen molar-refractivity contribution in [2.45, 2.75) is 324 Å². The Morgan fingerprint density at radius 1 is 0.291 bits per heavy atom. The first-order valence-corrected chi connectivity index (χ1v) is 37.1. The second-order valence-electron chi connectivity index (χ2n) is 27.7. The number of pyridine rings is 2. The molecule has 2 aromatic heterocycles. The number of unbranched alkanes of at least 4 members (excludes halogenated alkanes) is 30. The average molecular weight is 1180 g/mol. The number of aryl methyl sites for hydroxylation is 2. The van der Waals surface area contributed by atoms with Crippen LogP contribution >= 0.6 is 12.2 Å². The van der Waals surface area contributed by atoms with E-state index in [2.05, 4.69) is 82.5 Å². The molecular formula is C80H114N2O3S. The fourth-order valence-electron chi connectivity index (χ4n) is 16.0. The summed E-state index contributed by atoms with van der Waals surface area (Å²) in [6.45, 7) is 14.9. The Labute approximate surface area is 523 Å². The predicted octanol–water partition coefficient (Wildman–Crippen LogP) is 24.6. The highest BCUT2D eigenvalue weighted by molar-refractivity contribution is 7.71. The standard InChI is InChI=1S/C80H114N2O3S/c1-7-13-19-25-29-31-35-39-44-57(43-37-33-27-21-15-9-3)55-81-77(83)65-51-61-49-59(47-41-23-17-11-5)64-54-67-72-68(80(86)82(79(67)85)56-58(45-38-34-28-22-16-10-4)46-40-36-32-30-26-20-14-8-2)52-62-50-60(48-42-24-18-12-6)63-53-66(78(81)84)71(65)75-69(61)74(64)76(72)70(62)73(63)75/h49-54,57-58H,7-48,55-56H2,1-6H3. The number of hydrogen-bond acceptors (Lipinski definition) is 4. The number of aromatic nitrogens is 2. The second kappa shape index (κ2) is 33.4. The highest BCUT2D eigenvalue weighted by Gasteiger charge is 2.30. The lowest BCUT2D eigenvalue weighted by Crippen LogP contribution is -2.35. The van der Waals surface area contributed by atoms with Crippen LogP contribution in [0.2, 0.25) is 0 Å². The van der Waals surface area contributed by atoms with Gasteiger partial charge in [-0.25, -0.2) is 0 Å². The van der Waals surface area contributed by atoms with E-state index in [4.69, 9.17) is 12.2 Å². The lowest BCUT2D eigenvalue weighted by Gasteiger charge is -2.27. The molecule has 0 spiro atoms. The van der Waals surface area contributed by atoms with Crippen molar-refractivity contribution in [2.24, 2.45) is 11.8 Å². The predicted molar refractivity (Wildman–Crippen MR) is 381 cm³/mol. The van der Waals surface area contributed by atoms with E-state index in [9.17, 15) is 0 Å². The van der Waals surface area contributed by atoms with Gasteiger partial charge in [-0.1, -0.05) is 284 Å². The summed E-state index contributed by atoms with van der Waals surface area (Å²) in [5, 5.41) is 16.6. The Morgan fingerprint density at radius 2 is 0.581 bits per heavy atom. The van der Waals surface area contributed by atoms with Crippen molar-refractivity contribution < 1.29 is 0 Å². The van der Waals surface area contributed by atoms with E-state index in [0.29, 0.717) is 34.4 Å². The molecule has 7 aromatic carbocycles. The molecule has 0 saturated heterocycles. The van der Waals surface area contributed by atoms with Crippen LogP contribution in [0.3, 0.4) is 0 Å². The summed E-state index contributed by atoms with van der Waals surface area (Å²) < 4.78 is 4.46. The van der Waals surface area contributed by atoms with Gasteiger partial charge in [-0.3, -0.25) is 23.5 Å². The quantitative estimate of drug-likeness (QED) is 0.0165. The van der Waals surface area contributed by atoms with Gasteiger partial charge in [0.05, 0.1) is 0 Å². The average Bonchev–Trinajstić information content (AvgIpc) is 0.667. The van der Waals surface area contributed by atoms with Crippen LogP contribution in [-0.2, 0) is 25.9 Å². The number of rotatable bonds is 46. The van der Waals surface area contributed by atoms with Crippen LogP contribution < -0.4 is 16.7 Å². The molecule has 0 aliphatic rings. The van der Waals surface area contributed by atoms with E-state index >= 15 is 14.4 Å². The minimum absolute atomic E-state index is 0.0676. The summed E-state index contributed by atoms with van der Waals surface area (Å²) in [6, 6.07) is 14.0. The molecule has 0 bridgehead atoms. The molecule has 2 unspecified atom stereocenters. The largest absolute Gasteiger partial charge is 0.298 e. The molecule has 0 radical (unpaired) electrons.